The molecule has 0 aliphatic carbocycles. The molecule has 0 saturated carbocycles. The summed E-state index contributed by atoms with van der Waals surface area (Å²) in [5, 5.41) is 14.5. The molecule has 5 nitrogen and oxygen atoms in total. The maximum atomic E-state index is 4.34. The van der Waals surface area contributed by atoms with E-state index in [1.807, 2.05) is 30.1 Å². The summed E-state index contributed by atoms with van der Waals surface area (Å²) in [7, 11) is 1.92. The van der Waals surface area contributed by atoms with Crippen LogP contribution in [0.1, 0.15) is 24.4 Å². The molecule has 2 aromatic rings. The van der Waals surface area contributed by atoms with Gasteiger partial charge in [0.2, 0.25) is 0 Å². The predicted octanol–water partition coefficient (Wildman–Crippen LogP) is 0.994. The fraction of sp³-hybridized carbons (Fsp3) is 0.400. The summed E-state index contributed by atoms with van der Waals surface area (Å²) in [6, 6.07) is 4.22. The van der Waals surface area contributed by atoms with E-state index in [4.69, 9.17) is 0 Å². The first-order valence-electron chi connectivity index (χ1n) is 4.97. The monoisotopic (exact) mass is 205 g/mol. The first kappa shape index (κ1) is 9.92. The number of nitrogens with one attached hydrogen (secondary N) is 2. The van der Waals surface area contributed by atoms with Crippen LogP contribution in [0.2, 0.25) is 0 Å². The molecule has 0 amide bonds. The number of nitrogens with zero attached hydrogens (tertiary/aromatic N) is 3. The number of aromatic nitrogens is 4. The van der Waals surface area contributed by atoms with Gasteiger partial charge in [0.25, 0.3) is 0 Å². The lowest BCUT2D eigenvalue weighted by molar-refractivity contribution is 0.545. The van der Waals surface area contributed by atoms with Crippen molar-refractivity contribution in [2.24, 2.45) is 7.05 Å². The van der Waals surface area contributed by atoms with Gasteiger partial charge in [-0.05, 0) is 19.1 Å². The Kier molecular flexibility index (Phi) is 2.82. The highest BCUT2D eigenvalue weighted by Crippen LogP contribution is 2.08. The van der Waals surface area contributed by atoms with Crippen molar-refractivity contribution in [1.29, 1.82) is 0 Å². The summed E-state index contributed by atoms with van der Waals surface area (Å²) < 4.78 is 1.81. The van der Waals surface area contributed by atoms with Crippen LogP contribution < -0.4 is 5.32 Å². The largest absolute Gasteiger partial charge is 0.303 e. The van der Waals surface area contributed by atoms with Gasteiger partial charge < -0.3 is 5.32 Å². The highest BCUT2D eigenvalue weighted by atomic mass is 15.3. The average Bonchev–Trinajstić information content (AvgIpc) is 2.84. The van der Waals surface area contributed by atoms with Gasteiger partial charge in [0, 0.05) is 37.7 Å². The van der Waals surface area contributed by atoms with Gasteiger partial charge in [0.15, 0.2) is 0 Å². The maximum absolute atomic E-state index is 4.34. The molecule has 2 heterocycles. The van der Waals surface area contributed by atoms with Crippen molar-refractivity contribution >= 4 is 0 Å². The molecule has 0 aliphatic heterocycles. The molecule has 0 saturated heterocycles. The second kappa shape index (κ2) is 4.27. The van der Waals surface area contributed by atoms with E-state index in [1.165, 1.54) is 0 Å². The summed E-state index contributed by atoms with van der Waals surface area (Å²) >= 11 is 0. The van der Waals surface area contributed by atoms with E-state index in [1.54, 1.807) is 6.20 Å². The molecule has 0 bridgehead atoms. The molecule has 2 aromatic heterocycles. The first-order valence-corrected chi connectivity index (χ1v) is 4.97. The Labute approximate surface area is 88.5 Å². The fourth-order valence-electron chi connectivity index (χ4n) is 1.41. The van der Waals surface area contributed by atoms with E-state index >= 15 is 0 Å². The second-order valence-electron chi connectivity index (χ2n) is 3.60. The Hall–Kier alpha value is -1.62. The van der Waals surface area contributed by atoms with E-state index in [0.717, 1.165) is 17.9 Å². The van der Waals surface area contributed by atoms with E-state index < -0.39 is 0 Å². The molecule has 15 heavy (non-hydrogen) atoms. The van der Waals surface area contributed by atoms with Crippen molar-refractivity contribution in [3.05, 3.63) is 35.9 Å². The van der Waals surface area contributed by atoms with Gasteiger partial charge in [-0.2, -0.15) is 10.2 Å². The summed E-state index contributed by atoms with van der Waals surface area (Å²) in [6.07, 6.45) is 3.70. The molecule has 1 unspecified atom stereocenters. The molecule has 2 rings (SSSR count). The molecule has 5 heteroatoms. The number of hydrogen-bond acceptors (Lipinski definition) is 3. The van der Waals surface area contributed by atoms with Gasteiger partial charge in [-0.1, -0.05) is 0 Å². The summed E-state index contributed by atoms with van der Waals surface area (Å²) in [5.41, 5.74) is 2.13. The van der Waals surface area contributed by atoms with Gasteiger partial charge in [-0.3, -0.25) is 9.78 Å². The molecule has 0 spiro atoms. The van der Waals surface area contributed by atoms with E-state index in [0.29, 0.717) is 0 Å². The lowest BCUT2D eigenvalue weighted by atomic mass is 10.2. The minimum atomic E-state index is 0.245. The van der Waals surface area contributed by atoms with E-state index in [2.05, 4.69) is 27.5 Å². The van der Waals surface area contributed by atoms with E-state index in [-0.39, 0.29) is 6.04 Å². The highest BCUT2D eigenvalue weighted by Gasteiger charge is 2.07. The van der Waals surface area contributed by atoms with Crippen molar-refractivity contribution in [3.8, 4) is 0 Å². The quantitative estimate of drug-likeness (QED) is 0.782. The SMILES string of the molecule is CC(NCc1ccn[nH]1)c1ccn(C)n1. The van der Waals surface area contributed by atoms with Crippen LogP contribution in [0.4, 0.5) is 0 Å². The third-order valence-corrected chi connectivity index (χ3v) is 2.33. The second-order valence-corrected chi connectivity index (χ2v) is 3.60. The molecule has 0 radical (unpaired) electrons. The third-order valence-electron chi connectivity index (χ3n) is 2.33. The number of H-pyrrole nitrogens is 1. The van der Waals surface area contributed by atoms with Crippen LogP contribution in [-0.2, 0) is 13.6 Å². The Balaban J connectivity index is 1.90. The van der Waals surface area contributed by atoms with Crippen LogP contribution in [0.3, 0.4) is 0 Å². The van der Waals surface area contributed by atoms with Crippen LogP contribution in [0.25, 0.3) is 0 Å². The van der Waals surface area contributed by atoms with Crippen molar-refractivity contribution < 1.29 is 0 Å². The Bertz CT molecular complexity index is 403. The number of aromatic amines is 1. The molecule has 0 fully saturated rings. The summed E-state index contributed by atoms with van der Waals surface area (Å²) in [6.45, 7) is 2.87. The number of rotatable bonds is 4. The Morgan fingerprint density at radius 3 is 3.00 bits per heavy atom. The zero-order valence-electron chi connectivity index (χ0n) is 8.94. The van der Waals surface area contributed by atoms with Crippen molar-refractivity contribution in [2.75, 3.05) is 0 Å². The molecular formula is C10H15N5. The van der Waals surface area contributed by atoms with Crippen LogP contribution in [0, 0.1) is 0 Å². The smallest absolute Gasteiger partial charge is 0.0791 e. The number of hydrogen-bond donors (Lipinski definition) is 2. The summed E-state index contributed by atoms with van der Waals surface area (Å²) in [4.78, 5) is 0. The van der Waals surface area contributed by atoms with Crippen LogP contribution in [-0.4, -0.2) is 20.0 Å². The van der Waals surface area contributed by atoms with Crippen molar-refractivity contribution in [2.45, 2.75) is 19.5 Å². The predicted molar refractivity (Wildman–Crippen MR) is 57.1 cm³/mol. The zero-order valence-corrected chi connectivity index (χ0v) is 8.94. The molecule has 80 valence electrons. The fourth-order valence-corrected chi connectivity index (χ4v) is 1.41. The standard InChI is InChI=1S/C10H15N5/c1-8(10-4-6-15(2)14-10)11-7-9-3-5-12-13-9/h3-6,8,11H,7H2,1-2H3,(H,12,13). The topological polar surface area (TPSA) is 58.5 Å². The minimum absolute atomic E-state index is 0.245. The minimum Gasteiger partial charge on any atom is -0.303 e. The highest BCUT2D eigenvalue weighted by molar-refractivity contribution is 5.05. The lowest BCUT2D eigenvalue weighted by Gasteiger charge is -2.09. The van der Waals surface area contributed by atoms with Crippen LogP contribution in [0.5, 0.6) is 0 Å². The van der Waals surface area contributed by atoms with E-state index in [9.17, 15) is 0 Å². The van der Waals surface area contributed by atoms with Crippen LogP contribution >= 0.6 is 0 Å². The lowest BCUT2D eigenvalue weighted by Crippen LogP contribution is -2.18. The average molecular weight is 205 g/mol. The molecular weight excluding hydrogens is 190 g/mol. The van der Waals surface area contributed by atoms with Gasteiger partial charge in [0.1, 0.15) is 0 Å². The van der Waals surface area contributed by atoms with Crippen LogP contribution in [0.15, 0.2) is 24.5 Å². The normalized spacial score (nSPS) is 12.9. The molecule has 0 aromatic carbocycles. The van der Waals surface area contributed by atoms with Gasteiger partial charge in [0.05, 0.1) is 5.69 Å². The number of aryl methyl sites for hydroxylation is 1. The van der Waals surface area contributed by atoms with Gasteiger partial charge >= 0.3 is 0 Å². The van der Waals surface area contributed by atoms with Gasteiger partial charge in [-0.25, -0.2) is 0 Å². The zero-order chi connectivity index (χ0) is 10.7. The van der Waals surface area contributed by atoms with Crippen molar-refractivity contribution in [3.63, 3.8) is 0 Å². The molecule has 0 aliphatic rings. The Morgan fingerprint density at radius 2 is 2.40 bits per heavy atom. The molecule has 2 N–H and O–H groups in total. The third kappa shape index (κ3) is 2.44. The molecule has 1 atom stereocenters. The maximum Gasteiger partial charge on any atom is 0.0791 e. The first-order chi connectivity index (χ1) is 7.25. The van der Waals surface area contributed by atoms with Crippen molar-refractivity contribution in [1.82, 2.24) is 25.3 Å². The van der Waals surface area contributed by atoms with Gasteiger partial charge in [-0.15, -0.1) is 0 Å². The Morgan fingerprint density at radius 1 is 1.53 bits per heavy atom. The summed E-state index contributed by atoms with van der Waals surface area (Å²) in [5.74, 6) is 0.